The van der Waals surface area contributed by atoms with Crippen LogP contribution in [0.4, 0.5) is 0 Å². The molecule has 0 bridgehead atoms. The van der Waals surface area contributed by atoms with E-state index in [4.69, 9.17) is 0 Å². The van der Waals surface area contributed by atoms with Crippen LogP contribution in [0.5, 0.6) is 0 Å². The van der Waals surface area contributed by atoms with Gasteiger partial charge in [-0.2, -0.15) is 0 Å². The number of amides is 1. The van der Waals surface area contributed by atoms with Crippen molar-refractivity contribution in [3.8, 4) is 0 Å². The van der Waals surface area contributed by atoms with Crippen LogP contribution in [-0.2, 0) is 11.2 Å². The third kappa shape index (κ3) is 9.23. The van der Waals surface area contributed by atoms with Crippen LogP contribution >= 0.6 is 11.3 Å². The Hall–Kier alpha value is -1.56. The number of guanidine groups is 1. The van der Waals surface area contributed by atoms with Crippen molar-refractivity contribution < 1.29 is 4.79 Å². The first kappa shape index (κ1) is 19.5. The van der Waals surface area contributed by atoms with Gasteiger partial charge in [0.2, 0.25) is 5.91 Å². The van der Waals surface area contributed by atoms with Gasteiger partial charge in [0, 0.05) is 23.5 Å². The highest BCUT2D eigenvalue weighted by atomic mass is 32.1. The Labute approximate surface area is 144 Å². The molecular formula is C17H30N4OS. The number of nitrogens with zero attached hydrogens (tertiary/aromatic N) is 1. The molecular weight excluding hydrogens is 308 g/mol. The molecule has 0 saturated carbocycles. The van der Waals surface area contributed by atoms with Crippen LogP contribution in [0.3, 0.4) is 0 Å². The summed E-state index contributed by atoms with van der Waals surface area (Å²) in [6.07, 6.45) is 1.05. The highest BCUT2D eigenvalue weighted by Gasteiger charge is 2.13. The molecule has 0 aromatic carbocycles. The van der Waals surface area contributed by atoms with Crippen LogP contribution < -0.4 is 16.0 Å². The van der Waals surface area contributed by atoms with Crippen LogP contribution in [0.1, 0.15) is 39.5 Å². The molecule has 1 unspecified atom stereocenters. The SMILES string of the molecule is CCNC(=NCC(=O)NC(C)(C)C)NCC(C)Cc1cccs1. The number of nitrogens with one attached hydrogen (secondary N) is 3. The average molecular weight is 339 g/mol. The smallest absolute Gasteiger partial charge is 0.242 e. The second kappa shape index (κ2) is 9.55. The van der Waals surface area contributed by atoms with Gasteiger partial charge in [-0.1, -0.05) is 13.0 Å². The Kier molecular flexibility index (Phi) is 8.09. The van der Waals surface area contributed by atoms with E-state index in [0.717, 1.165) is 19.5 Å². The number of hydrogen-bond donors (Lipinski definition) is 3. The predicted octanol–water partition coefficient (Wildman–Crippen LogP) is 2.40. The van der Waals surface area contributed by atoms with Crippen molar-refractivity contribution in [1.29, 1.82) is 0 Å². The van der Waals surface area contributed by atoms with Gasteiger partial charge in [0.05, 0.1) is 0 Å². The molecule has 0 radical (unpaired) electrons. The third-order valence-electron chi connectivity index (χ3n) is 2.99. The number of carbonyl (C=O) groups excluding carboxylic acids is 1. The maximum atomic E-state index is 11.8. The standard InChI is InChI=1S/C17H30N4OS/c1-6-18-16(20-12-15(22)21-17(3,4)5)19-11-13(2)10-14-8-7-9-23-14/h7-9,13H,6,10-12H2,1-5H3,(H,21,22)(H2,18,19,20). The summed E-state index contributed by atoms with van der Waals surface area (Å²) in [4.78, 5) is 17.6. The summed E-state index contributed by atoms with van der Waals surface area (Å²) >= 11 is 1.79. The maximum absolute atomic E-state index is 11.8. The molecule has 23 heavy (non-hydrogen) atoms. The Morgan fingerprint density at radius 2 is 2.09 bits per heavy atom. The number of aliphatic imine (C=N–C) groups is 1. The fourth-order valence-corrected chi connectivity index (χ4v) is 2.94. The van der Waals surface area contributed by atoms with Crippen molar-refractivity contribution in [2.75, 3.05) is 19.6 Å². The van der Waals surface area contributed by atoms with Crippen molar-refractivity contribution in [3.63, 3.8) is 0 Å². The Morgan fingerprint density at radius 1 is 1.35 bits per heavy atom. The van der Waals surface area contributed by atoms with Crippen LogP contribution in [0.15, 0.2) is 22.5 Å². The molecule has 0 saturated heterocycles. The second-order valence-corrected chi connectivity index (χ2v) is 7.80. The van der Waals surface area contributed by atoms with E-state index < -0.39 is 0 Å². The minimum atomic E-state index is -0.229. The van der Waals surface area contributed by atoms with Crippen molar-refractivity contribution in [2.45, 2.75) is 46.6 Å². The Balaban J connectivity index is 2.44. The van der Waals surface area contributed by atoms with E-state index in [1.807, 2.05) is 27.7 Å². The van der Waals surface area contributed by atoms with Crippen molar-refractivity contribution in [3.05, 3.63) is 22.4 Å². The minimum Gasteiger partial charge on any atom is -0.357 e. The van der Waals surface area contributed by atoms with Crippen LogP contribution in [-0.4, -0.2) is 37.0 Å². The molecule has 1 aromatic rings. The zero-order chi connectivity index (χ0) is 17.3. The van der Waals surface area contributed by atoms with E-state index in [2.05, 4.69) is 45.4 Å². The van der Waals surface area contributed by atoms with Crippen LogP contribution in [0.25, 0.3) is 0 Å². The van der Waals surface area contributed by atoms with Gasteiger partial charge < -0.3 is 16.0 Å². The van der Waals surface area contributed by atoms with Gasteiger partial charge in [0.15, 0.2) is 5.96 Å². The van der Waals surface area contributed by atoms with Gasteiger partial charge in [-0.25, -0.2) is 4.99 Å². The fraction of sp³-hybridized carbons (Fsp3) is 0.647. The van der Waals surface area contributed by atoms with Gasteiger partial charge in [0.25, 0.3) is 0 Å². The molecule has 5 nitrogen and oxygen atoms in total. The molecule has 0 fully saturated rings. The van der Waals surface area contributed by atoms with E-state index in [1.165, 1.54) is 4.88 Å². The highest BCUT2D eigenvalue weighted by molar-refractivity contribution is 7.09. The molecule has 1 amide bonds. The topological polar surface area (TPSA) is 65.5 Å². The molecule has 0 spiro atoms. The van der Waals surface area contributed by atoms with E-state index in [-0.39, 0.29) is 18.0 Å². The first-order valence-electron chi connectivity index (χ1n) is 8.15. The van der Waals surface area contributed by atoms with Crippen molar-refractivity contribution in [2.24, 2.45) is 10.9 Å². The predicted molar refractivity (Wildman–Crippen MR) is 99.1 cm³/mol. The molecule has 1 heterocycles. The number of hydrogen-bond acceptors (Lipinski definition) is 3. The molecule has 3 N–H and O–H groups in total. The van der Waals surface area contributed by atoms with Gasteiger partial charge in [-0.05, 0) is 51.5 Å². The van der Waals surface area contributed by atoms with Gasteiger partial charge in [-0.3, -0.25) is 4.79 Å². The lowest BCUT2D eigenvalue weighted by atomic mass is 10.1. The van der Waals surface area contributed by atoms with E-state index >= 15 is 0 Å². The van der Waals surface area contributed by atoms with E-state index in [1.54, 1.807) is 11.3 Å². The summed E-state index contributed by atoms with van der Waals surface area (Å²) in [5.74, 6) is 1.12. The van der Waals surface area contributed by atoms with Gasteiger partial charge in [0.1, 0.15) is 6.54 Å². The van der Waals surface area contributed by atoms with E-state index in [9.17, 15) is 4.79 Å². The van der Waals surface area contributed by atoms with Gasteiger partial charge in [-0.15, -0.1) is 11.3 Å². The largest absolute Gasteiger partial charge is 0.357 e. The lowest BCUT2D eigenvalue weighted by molar-refractivity contribution is -0.121. The number of carbonyl (C=O) groups is 1. The average Bonchev–Trinajstić information content (AvgIpc) is 2.93. The summed E-state index contributed by atoms with van der Waals surface area (Å²) in [5.41, 5.74) is -0.229. The first-order chi connectivity index (χ1) is 10.8. The molecule has 0 aliphatic carbocycles. The quantitative estimate of drug-likeness (QED) is 0.528. The number of thiophene rings is 1. The molecule has 1 rings (SSSR count). The van der Waals surface area contributed by atoms with Crippen LogP contribution in [0.2, 0.25) is 0 Å². The molecule has 0 aliphatic heterocycles. The molecule has 6 heteroatoms. The third-order valence-corrected chi connectivity index (χ3v) is 3.89. The van der Waals surface area contributed by atoms with Crippen LogP contribution in [0, 0.1) is 5.92 Å². The zero-order valence-corrected chi connectivity index (χ0v) is 15.7. The second-order valence-electron chi connectivity index (χ2n) is 6.76. The molecule has 130 valence electrons. The zero-order valence-electron chi connectivity index (χ0n) is 14.9. The highest BCUT2D eigenvalue weighted by Crippen LogP contribution is 2.13. The Morgan fingerprint density at radius 3 is 2.65 bits per heavy atom. The minimum absolute atomic E-state index is 0.0682. The van der Waals surface area contributed by atoms with Crippen molar-refractivity contribution in [1.82, 2.24) is 16.0 Å². The lowest BCUT2D eigenvalue weighted by Gasteiger charge is -2.20. The monoisotopic (exact) mass is 338 g/mol. The van der Waals surface area contributed by atoms with Gasteiger partial charge >= 0.3 is 0 Å². The summed E-state index contributed by atoms with van der Waals surface area (Å²) in [5, 5.41) is 11.5. The molecule has 1 aromatic heterocycles. The first-order valence-corrected chi connectivity index (χ1v) is 9.03. The summed E-state index contributed by atoms with van der Waals surface area (Å²) in [6.45, 7) is 11.8. The summed E-state index contributed by atoms with van der Waals surface area (Å²) in [6, 6.07) is 4.25. The lowest BCUT2D eigenvalue weighted by Crippen LogP contribution is -2.43. The maximum Gasteiger partial charge on any atom is 0.242 e. The Bertz CT molecular complexity index is 491. The summed E-state index contributed by atoms with van der Waals surface area (Å²) in [7, 11) is 0. The fourth-order valence-electron chi connectivity index (χ4n) is 2.07. The molecule has 0 aliphatic rings. The molecule has 1 atom stereocenters. The normalized spacial score (nSPS) is 13.5. The number of rotatable bonds is 7. The van der Waals surface area contributed by atoms with E-state index in [0.29, 0.717) is 11.9 Å². The summed E-state index contributed by atoms with van der Waals surface area (Å²) < 4.78 is 0. The van der Waals surface area contributed by atoms with Crippen molar-refractivity contribution >= 4 is 23.2 Å².